The molecule has 3 nitrogen and oxygen atoms in total. The van der Waals surface area contributed by atoms with E-state index in [1.807, 2.05) is 0 Å². The van der Waals surface area contributed by atoms with Gasteiger partial charge in [0.1, 0.15) is 0 Å². The van der Waals surface area contributed by atoms with Gasteiger partial charge in [0.2, 0.25) is 5.91 Å². The fourth-order valence-electron chi connectivity index (χ4n) is 4.06. The molecular weight excluding hydrogens is 272 g/mol. The van der Waals surface area contributed by atoms with Crippen molar-refractivity contribution in [1.29, 1.82) is 0 Å². The van der Waals surface area contributed by atoms with Crippen molar-refractivity contribution in [1.82, 2.24) is 9.80 Å². The van der Waals surface area contributed by atoms with Crippen LogP contribution in [-0.2, 0) is 4.79 Å². The van der Waals surface area contributed by atoms with Crippen LogP contribution in [0.4, 0.5) is 0 Å². The molecule has 0 bridgehead atoms. The summed E-state index contributed by atoms with van der Waals surface area (Å²) in [6.07, 6.45) is 4.64. The predicted octanol–water partition coefficient (Wildman–Crippen LogP) is 3.78. The van der Waals surface area contributed by atoms with Crippen LogP contribution in [0.3, 0.4) is 0 Å². The zero-order valence-electron chi connectivity index (χ0n) is 15.6. The molecule has 2 fully saturated rings. The molecule has 3 heteroatoms. The maximum atomic E-state index is 12.8. The minimum Gasteiger partial charge on any atom is -0.340 e. The van der Waals surface area contributed by atoms with E-state index in [9.17, 15) is 4.79 Å². The minimum atomic E-state index is 0.222. The largest absolute Gasteiger partial charge is 0.340 e. The first-order chi connectivity index (χ1) is 10.1. The van der Waals surface area contributed by atoms with Crippen LogP contribution in [0.5, 0.6) is 0 Å². The fourth-order valence-corrected chi connectivity index (χ4v) is 4.06. The Balaban J connectivity index is 1.82. The highest BCUT2D eigenvalue weighted by atomic mass is 16.2. The van der Waals surface area contributed by atoms with Crippen LogP contribution in [0, 0.1) is 17.3 Å². The van der Waals surface area contributed by atoms with Gasteiger partial charge < -0.3 is 4.90 Å². The highest BCUT2D eigenvalue weighted by Crippen LogP contribution is 2.40. The highest BCUT2D eigenvalue weighted by Gasteiger charge is 2.35. The van der Waals surface area contributed by atoms with Gasteiger partial charge in [-0.05, 0) is 57.8 Å². The van der Waals surface area contributed by atoms with E-state index in [0.29, 0.717) is 17.2 Å². The summed E-state index contributed by atoms with van der Waals surface area (Å²) in [5.74, 6) is 1.51. The predicted molar refractivity (Wildman–Crippen MR) is 92.8 cm³/mol. The summed E-state index contributed by atoms with van der Waals surface area (Å²) in [7, 11) is 0. The van der Waals surface area contributed by atoms with Gasteiger partial charge in [-0.3, -0.25) is 9.69 Å². The van der Waals surface area contributed by atoms with E-state index >= 15 is 0 Å². The summed E-state index contributed by atoms with van der Waals surface area (Å²) in [5, 5.41) is 0. The summed E-state index contributed by atoms with van der Waals surface area (Å²) >= 11 is 0. The molecule has 2 aliphatic rings. The second-order valence-corrected chi connectivity index (χ2v) is 9.40. The van der Waals surface area contributed by atoms with E-state index in [0.717, 1.165) is 44.9 Å². The number of nitrogens with zero attached hydrogens (tertiary/aromatic N) is 2. The molecule has 1 amide bonds. The van der Waals surface area contributed by atoms with E-state index in [1.165, 1.54) is 12.8 Å². The Morgan fingerprint density at radius 1 is 0.818 bits per heavy atom. The lowest BCUT2D eigenvalue weighted by molar-refractivity contribution is -0.139. The maximum Gasteiger partial charge on any atom is 0.225 e. The molecule has 22 heavy (non-hydrogen) atoms. The van der Waals surface area contributed by atoms with Crippen molar-refractivity contribution in [3.05, 3.63) is 0 Å². The average molecular weight is 309 g/mol. The van der Waals surface area contributed by atoms with Crippen LogP contribution >= 0.6 is 0 Å². The van der Waals surface area contributed by atoms with Gasteiger partial charge >= 0.3 is 0 Å². The van der Waals surface area contributed by atoms with Gasteiger partial charge in [0, 0.05) is 37.6 Å². The molecule has 2 rings (SSSR count). The standard InChI is InChI=1S/C19H36N2O/c1-18(2,3)16-9-7-15(8-10-16)17(22)20-11-13-21(14-12-20)19(4,5)6/h15-16H,7-14H2,1-6H3. The first-order valence-electron chi connectivity index (χ1n) is 9.13. The van der Waals surface area contributed by atoms with Crippen molar-refractivity contribution in [3.8, 4) is 0 Å². The van der Waals surface area contributed by atoms with E-state index in [4.69, 9.17) is 0 Å². The third-order valence-electron chi connectivity index (χ3n) is 5.84. The third kappa shape index (κ3) is 4.24. The summed E-state index contributed by atoms with van der Waals surface area (Å²) in [4.78, 5) is 17.4. The Kier molecular flexibility index (Phi) is 5.26. The van der Waals surface area contributed by atoms with Crippen molar-refractivity contribution < 1.29 is 4.79 Å². The normalized spacial score (nSPS) is 28.7. The molecule has 1 aliphatic carbocycles. The van der Waals surface area contributed by atoms with Crippen LogP contribution in [-0.4, -0.2) is 47.4 Å². The molecular formula is C19H36N2O. The van der Waals surface area contributed by atoms with Gasteiger partial charge in [0.15, 0.2) is 0 Å². The molecule has 0 aromatic carbocycles. The van der Waals surface area contributed by atoms with Crippen LogP contribution in [0.25, 0.3) is 0 Å². The molecule has 0 N–H and O–H groups in total. The Morgan fingerprint density at radius 2 is 1.32 bits per heavy atom. The second kappa shape index (κ2) is 6.51. The quantitative estimate of drug-likeness (QED) is 0.736. The molecule has 128 valence electrons. The molecule has 0 aromatic rings. The summed E-state index contributed by atoms with van der Waals surface area (Å²) in [6, 6.07) is 0. The van der Waals surface area contributed by atoms with Crippen LogP contribution in [0.15, 0.2) is 0 Å². The molecule has 1 saturated carbocycles. The molecule has 0 spiro atoms. The first kappa shape index (κ1) is 17.8. The van der Waals surface area contributed by atoms with E-state index in [1.54, 1.807) is 0 Å². The molecule has 1 heterocycles. The van der Waals surface area contributed by atoms with Crippen molar-refractivity contribution in [2.75, 3.05) is 26.2 Å². The van der Waals surface area contributed by atoms with Gasteiger partial charge in [0.05, 0.1) is 0 Å². The number of rotatable bonds is 1. The number of carbonyl (C=O) groups excluding carboxylic acids is 1. The Bertz CT molecular complexity index is 339. The van der Waals surface area contributed by atoms with Crippen LogP contribution in [0.1, 0.15) is 67.2 Å². The zero-order valence-corrected chi connectivity index (χ0v) is 15.6. The summed E-state index contributed by atoms with van der Waals surface area (Å²) in [5.41, 5.74) is 0.617. The summed E-state index contributed by atoms with van der Waals surface area (Å²) in [6.45, 7) is 17.7. The number of hydrogen-bond donors (Lipinski definition) is 0. The molecule has 0 unspecified atom stereocenters. The van der Waals surface area contributed by atoms with Crippen molar-refractivity contribution in [2.24, 2.45) is 17.3 Å². The molecule has 0 radical (unpaired) electrons. The van der Waals surface area contributed by atoms with Crippen molar-refractivity contribution in [2.45, 2.75) is 72.8 Å². The van der Waals surface area contributed by atoms with Gasteiger partial charge in [-0.15, -0.1) is 0 Å². The minimum absolute atomic E-state index is 0.222. The van der Waals surface area contributed by atoms with E-state index < -0.39 is 0 Å². The number of amides is 1. The maximum absolute atomic E-state index is 12.8. The van der Waals surface area contributed by atoms with Gasteiger partial charge in [0.25, 0.3) is 0 Å². The molecule has 0 atom stereocenters. The van der Waals surface area contributed by atoms with Gasteiger partial charge in [-0.25, -0.2) is 0 Å². The topological polar surface area (TPSA) is 23.6 Å². The first-order valence-corrected chi connectivity index (χ1v) is 9.13. The zero-order chi connectivity index (χ0) is 16.5. The molecule has 1 aliphatic heterocycles. The Labute approximate surface area is 137 Å². The average Bonchev–Trinajstić information content (AvgIpc) is 2.45. The third-order valence-corrected chi connectivity index (χ3v) is 5.84. The van der Waals surface area contributed by atoms with E-state index in [2.05, 4.69) is 51.3 Å². The lowest BCUT2D eigenvalue weighted by atomic mass is 9.69. The number of carbonyl (C=O) groups is 1. The second-order valence-electron chi connectivity index (χ2n) is 9.40. The van der Waals surface area contributed by atoms with Gasteiger partial charge in [-0.1, -0.05) is 20.8 Å². The lowest BCUT2D eigenvalue weighted by Gasteiger charge is -2.44. The number of piperazine rings is 1. The van der Waals surface area contributed by atoms with Crippen molar-refractivity contribution in [3.63, 3.8) is 0 Å². The molecule has 0 aromatic heterocycles. The SMILES string of the molecule is CC(C)(C)C1CCC(C(=O)N2CCN(C(C)(C)C)CC2)CC1. The Morgan fingerprint density at radius 3 is 1.73 bits per heavy atom. The highest BCUT2D eigenvalue weighted by molar-refractivity contribution is 5.79. The van der Waals surface area contributed by atoms with Crippen molar-refractivity contribution >= 4 is 5.91 Å². The smallest absolute Gasteiger partial charge is 0.225 e. The number of hydrogen-bond acceptors (Lipinski definition) is 2. The fraction of sp³-hybridized carbons (Fsp3) is 0.947. The van der Waals surface area contributed by atoms with Crippen LogP contribution in [0.2, 0.25) is 0 Å². The Hall–Kier alpha value is -0.570. The summed E-state index contributed by atoms with van der Waals surface area (Å²) < 4.78 is 0. The lowest BCUT2D eigenvalue weighted by Crippen LogP contribution is -2.55. The molecule has 1 saturated heterocycles. The van der Waals surface area contributed by atoms with Gasteiger partial charge in [-0.2, -0.15) is 0 Å². The monoisotopic (exact) mass is 308 g/mol. The van der Waals surface area contributed by atoms with Crippen LogP contribution < -0.4 is 0 Å². The van der Waals surface area contributed by atoms with E-state index in [-0.39, 0.29) is 5.54 Å².